The number of amides is 1. The maximum atomic E-state index is 13.3. The van der Waals surface area contributed by atoms with E-state index < -0.39 is 0 Å². The summed E-state index contributed by atoms with van der Waals surface area (Å²) in [5.74, 6) is 1.45. The quantitative estimate of drug-likeness (QED) is 0.833. The number of fused-ring (bicyclic) bond motifs is 1. The third kappa shape index (κ3) is 3.08. The minimum absolute atomic E-state index is 0.0439. The van der Waals surface area contributed by atoms with E-state index in [0.29, 0.717) is 30.3 Å². The minimum Gasteiger partial charge on any atom is -0.442 e. The van der Waals surface area contributed by atoms with Crippen LogP contribution in [-0.2, 0) is 4.74 Å². The molecule has 0 aromatic carbocycles. The van der Waals surface area contributed by atoms with Gasteiger partial charge < -0.3 is 19.0 Å². The third-order valence-electron chi connectivity index (χ3n) is 5.06. The Kier molecular flexibility index (Phi) is 4.57. The maximum absolute atomic E-state index is 13.3. The Balaban J connectivity index is 1.77. The molecule has 0 radical (unpaired) electrons. The highest BCUT2D eigenvalue weighted by Gasteiger charge is 2.28. The van der Waals surface area contributed by atoms with Crippen LogP contribution in [-0.4, -0.2) is 60.2 Å². The highest BCUT2D eigenvalue weighted by molar-refractivity contribution is 6.10. The number of furan rings is 1. The monoisotopic (exact) mass is 344 g/mol. The zero-order chi connectivity index (χ0) is 17.2. The summed E-state index contributed by atoms with van der Waals surface area (Å²) in [6, 6.07) is 0. The van der Waals surface area contributed by atoms with Gasteiger partial charge in [-0.1, -0.05) is 12.8 Å². The molecule has 4 rings (SSSR count). The van der Waals surface area contributed by atoms with Crippen molar-refractivity contribution < 1.29 is 13.9 Å². The van der Waals surface area contributed by atoms with Crippen LogP contribution in [0.3, 0.4) is 0 Å². The van der Waals surface area contributed by atoms with Gasteiger partial charge in [-0.2, -0.15) is 0 Å². The minimum atomic E-state index is 0.0439. The molecule has 2 saturated heterocycles. The summed E-state index contributed by atoms with van der Waals surface area (Å²) in [5, 5.41) is 0.746. The van der Waals surface area contributed by atoms with Crippen molar-refractivity contribution in [2.75, 3.05) is 44.3 Å². The van der Waals surface area contributed by atoms with Crippen molar-refractivity contribution in [3.63, 3.8) is 0 Å². The molecule has 134 valence electrons. The number of aromatic nitrogens is 2. The molecule has 0 aliphatic carbocycles. The zero-order valence-corrected chi connectivity index (χ0v) is 14.7. The Labute approximate surface area is 147 Å². The smallest absolute Gasteiger partial charge is 0.258 e. The summed E-state index contributed by atoms with van der Waals surface area (Å²) in [7, 11) is 0. The number of nitrogens with zero attached hydrogens (tertiary/aromatic N) is 4. The van der Waals surface area contributed by atoms with Gasteiger partial charge >= 0.3 is 0 Å². The Morgan fingerprint density at radius 1 is 1.04 bits per heavy atom. The Morgan fingerprint density at radius 2 is 1.76 bits per heavy atom. The lowest BCUT2D eigenvalue weighted by atomic mass is 10.1. The maximum Gasteiger partial charge on any atom is 0.258 e. The summed E-state index contributed by atoms with van der Waals surface area (Å²) < 4.78 is 11.3. The van der Waals surface area contributed by atoms with Gasteiger partial charge in [0.05, 0.1) is 24.2 Å². The van der Waals surface area contributed by atoms with E-state index in [9.17, 15) is 4.79 Å². The van der Waals surface area contributed by atoms with Gasteiger partial charge in [0.15, 0.2) is 0 Å². The van der Waals surface area contributed by atoms with Gasteiger partial charge in [0.1, 0.15) is 17.9 Å². The summed E-state index contributed by atoms with van der Waals surface area (Å²) in [6.07, 6.45) is 6.02. The lowest BCUT2D eigenvalue weighted by Crippen LogP contribution is -2.37. The van der Waals surface area contributed by atoms with Gasteiger partial charge in [0.2, 0.25) is 5.71 Å². The van der Waals surface area contributed by atoms with Crippen molar-refractivity contribution in [1.29, 1.82) is 0 Å². The second-order valence-electron chi connectivity index (χ2n) is 6.72. The van der Waals surface area contributed by atoms with Crippen molar-refractivity contribution in [3.05, 3.63) is 17.7 Å². The summed E-state index contributed by atoms with van der Waals surface area (Å²) in [4.78, 5) is 26.1. The molecule has 0 atom stereocenters. The number of likely N-dealkylation sites (tertiary alicyclic amines) is 1. The van der Waals surface area contributed by atoms with Crippen LogP contribution in [0.5, 0.6) is 0 Å². The van der Waals surface area contributed by atoms with E-state index in [4.69, 9.17) is 9.15 Å². The molecule has 1 amide bonds. The molecule has 4 heterocycles. The fourth-order valence-corrected chi connectivity index (χ4v) is 3.73. The molecule has 2 aliphatic heterocycles. The molecular weight excluding hydrogens is 320 g/mol. The van der Waals surface area contributed by atoms with E-state index in [2.05, 4.69) is 14.9 Å². The zero-order valence-electron chi connectivity index (χ0n) is 14.7. The number of anilines is 1. The normalized spacial score (nSPS) is 19.2. The molecule has 7 heteroatoms. The largest absolute Gasteiger partial charge is 0.442 e. The number of rotatable bonds is 2. The van der Waals surface area contributed by atoms with Crippen LogP contribution in [0.4, 0.5) is 5.82 Å². The lowest BCUT2D eigenvalue weighted by molar-refractivity contribution is 0.0761. The highest BCUT2D eigenvalue weighted by atomic mass is 16.5. The summed E-state index contributed by atoms with van der Waals surface area (Å²) in [5.41, 5.74) is 1.12. The van der Waals surface area contributed by atoms with E-state index in [1.165, 1.54) is 19.2 Å². The number of aryl methyl sites for hydroxylation is 1. The van der Waals surface area contributed by atoms with Gasteiger partial charge in [-0.3, -0.25) is 4.79 Å². The predicted octanol–water partition coefficient (Wildman–Crippen LogP) is 2.38. The molecule has 0 saturated carbocycles. The topological polar surface area (TPSA) is 71.7 Å². The van der Waals surface area contributed by atoms with Crippen molar-refractivity contribution in [2.24, 2.45) is 0 Å². The van der Waals surface area contributed by atoms with Gasteiger partial charge in [-0.25, -0.2) is 9.97 Å². The number of hydrogen-bond donors (Lipinski definition) is 0. The van der Waals surface area contributed by atoms with E-state index in [0.717, 1.165) is 50.2 Å². The van der Waals surface area contributed by atoms with Crippen LogP contribution in [0.2, 0.25) is 0 Å². The van der Waals surface area contributed by atoms with Crippen LogP contribution in [0.25, 0.3) is 11.1 Å². The van der Waals surface area contributed by atoms with E-state index in [1.54, 1.807) is 0 Å². The number of hydrogen-bond acceptors (Lipinski definition) is 6. The Morgan fingerprint density at radius 3 is 2.48 bits per heavy atom. The molecular formula is C18H24N4O3. The molecule has 2 aromatic rings. The standard InChI is InChI=1S/C18H24N4O3/c1-13-14(18(23)22-6-4-2-3-5-7-22)15-16(19-12-20-17(15)25-13)21-8-10-24-11-9-21/h12H,2-11H2,1H3. The number of morpholine rings is 1. The first kappa shape index (κ1) is 16.3. The van der Waals surface area contributed by atoms with Crippen molar-refractivity contribution in [2.45, 2.75) is 32.6 Å². The highest BCUT2D eigenvalue weighted by Crippen LogP contribution is 2.32. The molecule has 2 aromatic heterocycles. The van der Waals surface area contributed by atoms with E-state index >= 15 is 0 Å². The SMILES string of the molecule is Cc1oc2ncnc(N3CCOCC3)c2c1C(=O)N1CCCCCC1. The van der Waals surface area contributed by atoms with Crippen LogP contribution in [0.1, 0.15) is 41.8 Å². The predicted molar refractivity (Wildman–Crippen MR) is 93.9 cm³/mol. The van der Waals surface area contributed by atoms with Gasteiger partial charge in [0.25, 0.3) is 5.91 Å². The number of carbonyl (C=O) groups excluding carboxylic acids is 1. The molecule has 0 unspecified atom stereocenters. The van der Waals surface area contributed by atoms with Crippen LogP contribution < -0.4 is 4.90 Å². The molecule has 0 spiro atoms. The van der Waals surface area contributed by atoms with E-state index in [1.807, 2.05) is 11.8 Å². The second kappa shape index (κ2) is 7.00. The second-order valence-corrected chi connectivity index (χ2v) is 6.72. The molecule has 2 fully saturated rings. The average Bonchev–Trinajstić information content (AvgIpc) is 2.82. The van der Waals surface area contributed by atoms with Crippen LogP contribution in [0, 0.1) is 6.92 Å². The Bertz CT molecular complexity index is 759. The van der Waals surface area contributed by atoms with Gasteiger partial charge in [-0.05, 0) is 19.8 Å². The van der Waals surface area contributed by atoms with Crippen LogP contribution in [0.15, 0.2) is 10.7 Å². The van der Waals surface area contributed by atoms with Crippen molar-refractivity contribution >= 4 is 22.8 Å². The molecule has 0 N–H and O–H groups in total. The van der Waals surface area contributed by atoms with Gasteiger partial charge in [-0.15, -0.1) is 0 Å². The number of carbonyl (C=O) groups is 1. The van der Waals surface area contributed by atoms with E-state index in [-0.39, 0.29) is 5.91 Å². The first-order valence-corrected chi connectivity index (χ1v) is 9.12. The molecule has 2 aliphatic rings. The Hall–Kier alpha value is -2.15. The molecule has 7 nitrogen and oxygen atoms in total. The van der Waals surface area contributed by atoms with Crippen molar-refractivity contribution in [1.82, 2.24) is 14.9 Å². The molecule has 0 bridgehead atoms. The summed E-state index contributed by atoms with van der Waals surface area (Å²) in [6.45, 7) is 6.31. The fraction of sp³-hybridized carbons (Fsp3) is 0.611. The third-order valence-corrected chi connectivity index (χ3v) is 5.06. The summed E-state index contributed by atoms with van der Waals surface area (Å²) >= 11 is 0. The van der Waals surface area contributed by atoms with Crippen LogP contribution >= 0.6 is 0 Å². The van der Waals surface area contributed by atoms with Gasteiger partial charge in [0, 0.05) is 26.2 Å². The number of ether oxygens (including phenoxy) is 1. The fourth-order valence-electron chi connectivity index (χ4n) is 3.73. The first-order valence-electron chi connectivity index (χ1n) is 9.12. The lowest BCUT2D eigenvalue weighted by Gasteiger charge is -2.28. The average molecular weight is 344 g/mol. The molecule has 25 heavy (non-hydrogen) atoms. The first-order chi connectivity index (χ1) is 12.3. The van der Waals surface area contributed by atoms with Crippen molar-refractivity contribution in [3.8, 4) is 0 Å².